The van der Waals surface area contributed by atoms with E-state index in [1.54, 1.807) is 0 Å². The molecule has 5 heteroatoms. The zero-order valence-corrected chi connectivity index (χ0v) is 16.9. The van der Waals surface area contributed by atoms with Crippen LogP contribution in [0.4, 0.5) is 0 Å². The Morgan fingerprint density at radius 2 is 2.12 bits per heavy atom. The minimum atomic E-state index is 0.447. The quantitative estimate of drug-likeness (QED) is 0.617. The third kappa shape index (κ3) is 4.76. The summed E-state index contributed by atoms with van der Waals surface area (Å²) < 4.78 is 0. The summed E-state index contributed by atoms with van der Waals surface area (Å²) in [4.78, 5) is 8.48. The van der Waals surface area contributed by atoms with Crippen molar-refractivity contribution < 1.29 is 0 Å². The van der Waals surface area contributed by atoms with Gasteiger partial charge in [0.2, 0.25) is 0 Å². The Morgan fingerprint density at radius 1 is 1.32 bits per heavy atom. The van der Waals surface area contributed by atoms with Crippen LogP contribution in [0.1, 0.15) is 56.4 Å². The van der Waals surface area contributed by atoms with Crippen LogP contribution in [0.15, 0.2) is 22.5 Å². The van der Waals surface area contributed by atoms with Gasteiger partial charge in [-0.2, -0.15) is 0 Å². The predicted octanol–water partition coefficient (Wildman–Crippen LogP) is 3.88. The average Bonchev–Trinajstić information content (AvgIpc) is 3.27. The lowest BCUT2D eigenvalue weighted by atomic mass is 9.88. The maximum atomic E-state index is 4.45. The van der Waals surface area contributed by atoms with Gasteiger partial charge in [-0.3, -0.25) is 9.89 Å². The van der Waals surface area contributed by atoms with Gasteiger partial charge in [0, 0.05) is 31.1 Å². The molecule has 0 radical (unpaired) electrons. The monoisotopic (exact) mass is 362 g/mol. The van der Waals surface area contributed by atoms with Crippen molar-refractivity contribution in [3.8, 4) is 0 Å². The van der Waals surface area contributed by atoms with E-state index in [4.69, 9.17) is 0 Å². The van der Waals surface area contributed by atoms with E-state index in [0.717, 1.165) is 19.0 Å². The molecule has 4 nitrogen and oxygen atoms in total. The first-order valence-electron chi connectivity index (χ1n) is 9.79. The highest BCUT2D eigenvalue weighted by molar-refractivity contribution is 7.10. The highest BCUT2D eigenvalue weighted by Gasteiger charge is 2.32. The number of guanidine groups is 1. The lowest BCUT2D eigenvalue weighted by Crippen LogP contribution is -2.46. The number of piperidine rings is 1. The molecule has 2 N–H and O–H groups in total. The summed E-state index contributed by atoms with van der Waals surface area (Å²) in [7, 11) is 4.15. The van der Waals surface area contributed by atoms with Crippen molar-refractivity contribution >= 4 is 17.3 Å². The van der Waals surface area contributed by atoms with Crippen LogP contribution in [-0.2, 0) is 0 Å². The number of nitrogens with zero attached hydrogens (tertiary/aromatic N) is 2. The maximum absolute atomic E-state index is 4.45. The van der Waals surface area contributed by atoms with Crippen LogP contribution in [0.3, 0.4) is 0 Å². The fraction of sp³-hybridized carbons (Fsp3) is 0.750. The van der Waals surface area contributed by atoms with Crippen molar-refractivity contribution in [3.63, 3.8) is 0 Å². The van der Waals surface area contributed by atoms with E-state index in [1.807, 2.05) is 18.4 Å². The summed E-state index contributed by atoms with van der Waals surface area (Å²) in [6, 6.07) is 5.00. The summed E-state index contributed by atoms with van der Waals surface area (Å²) in [6.45, 7) is 5.63. The molecular formula is C20H34N4S. The molecule has 1 aliphatic carbocycles. The summed E-state index contributed by atoms with van der Waals surface area (Å²) >= 11 is 1.89. The second-order valence-corrected chi connectivity index (χ2v) is 9.15. The first kappa shape index (κ1) is 18.7. The SMILES string of the molecule is CN=C(NCC1CCCN(C)C1c1cccs1)NCC1(C)CCCC1. The normalized spacial score (nSPS) is 27.4. The van der Waals surface area contributed by atoms with Gasteiger partial charge in [0.25, 0.3) is 0 Å². The molecule has 25 heavy (non-hydrogen) atoms. The van der Waals surface area contributed by atoms with Crippen LogP contribution < -0.4 is 10.6 Å². The molecule has 1 saturated heterocycles. The smallest absolute Gasteiger partial charge is 0.191 e. The molecular weight excluding hydrogens is 328 g/mol. The highest BCUT2D eigenvalue weighted by atomic mass is 32.1. The Hall–Kier alpha value is -1.07. The summed E-state index contributed by atoms with van der Waals surface area (Å²) in [5, 5.41) is 9.39. The van der Waals surface area contributed by atoms with Gasteiger partial charge in [-0.15, -0.1) is 11.3 Å². The van der Waals surface area contributed by atoms with Crippen LogP contribution in [0.5, 0.6) is 0 Å². The molecule has 2 fully saturated rings. The van der Waals surface area contributed by atoms with Gasteiger partial charge in [-0.1, -0.05) is 25.8 Å². The fourth-order valence-corrected chi connectivity index (χ4v) is 5.52. The minimum Gasteiger partial charge on any atom is -0.356 e. The molecule has 0 aromatic carbocycles. The van der Waals surface area contributed by atoms with Crippen molar-refractivity contribution in [3.05, 3.63) is 22.4 Å². The number of aliphatic imine (C=N–C) groups is 1. The molecule has 0 spiro atoms. The van der Waals surface area contributed by atoms with E-state index in [9.17, 15) is 0 Å². The molecule has 2 atom stereocenters. The van der Waals surface area contributed by atoms with E-state index in [2.05, 4.69) is 52.0 Å². The Kier molecular flexibility index (Phi) is 6.39. The molecule has 1 aromatic rings. The molecule has 0 bridgehead atoms. The van der Waals surface area contributed by atoms with Gasteiger partial charge < -0.3 is 10.6 Å². The van der Waals surface area contributed by atoms with Crippen molar-refractivity contribution in [1.29, 1.82) is 0 Å². The van der Waals surface area contributed by atoms with Crippen LogP contribution in [0.2, 0.25) is 0 Å². The lowest BCUT2D eigenvalue weighted by molar-refractivity contribution is 0.125. The van der Waals surface area contributed by atoms with Gasteiger partial charge in [-0.05, 0) is 62.1 Å². The van der Waals surface area contributed by atoms with Gasteiger partial charge in [0.15, 0.2) is 5.96 Å². The van der Waals surface area contributed by atoms with Crippen LogP contribution in [0, 0.1) is 11.3 Å². The van der Waals surface area contributed by atoms with Gasteiger partial charge in [0.05, 0.1) is 0 Å². The second-order valence-electron chi connectivity index (χ2n) is 8.17. The third-order valence-corrected chi connectivity index (χ3v) is 7.03. The number of hydrogen-bond donors (Lipinski definition) is 2. The lowest BCUT2D eigenvalue weighted by Gasteiger charge is -2.39. The topological polar surface area (TPSA) is 39.7 Å². The van der Waals surface area contributed by atoms with Crippen molar-refractivity contribution in [2.24, 2.45) is 16.3 Å². The number of likely N-dealkylation sites (tertiary alicyclic amines) is 1. The maximum Gasteiger partial charge on any atom is 0.191 e. The zero-order valence-electron chi connectivity index (χ0n) is 16.1. The molecule has 1 aliphatic heterocycles. The molecule has 140 valence electrons. The zero-order chi connectivity index (χ0) is 17.7. The van der Waals surface area contributed by atoms with Gasteiger partial charge in [0.1, 0.15) is 0 Å². The van der Waals surface area contributed by atoms with Crippen molar-refractivity contribution in [2.75, 3.05) is 33.7 Å². The summed E-state index contributed by atoms with van der Waals surface area (Å²) in [6.07, 6.45) is 8.00. The van der Waals surface area contributed by atoms with Crippen molar-refractivity contribution in [2.45, 2.75) is 51.5 Å². The standard InChI is InChI=1S/C20H34N4S/c1-20(10-4-5-11-20)15-23-19(21-2)22-14-16-8-6-12-24(3)18(16)17-9-7-13-25-17/h7,9,13,16,18H,4-6,8,10-12,14-15H2,1-3H3,(H2,21,22,23). The van der Waals surface area contributed by atoms with Crippen LogP contribution >= 0.6 is 11.3 Å². The second kappa shape index (κ2) is 8.54. The van der Waals surface area contributed by atoms with E-state index >= 15 is 0 Å². The molecule has 2 heterocycles. The Balaban J connectivity index is 1.54. The van der Waals surface area contributed by atoms with E-state index in [1.165, 1.54) is 49.9 Å². The molecule has 1 aromatic heterocycles. The van der Waals surface area contributed by atoms with Crippen LogP contribution in [-0.4, -0.2) is 44.6 Å². The minimum absolute atomic E-state index is 0.447. The molecule has 2 unspecified atom stereocenters. The summed E-state index contributed by atoms with van der Waals surface area (Å²) in [5.74, 6) is 1.60. The van der Waals surface area contributed by atoms with Gasteiger partial charge in [-0.25, -0.2) is 0 Å². The molecule has 0 amide bonds. The molecule has 2 aliphatic rings. The Morgan fingerprint density at radius 3 is 2.80 bits per heavy atom. The average molecular weight is 363 g/mol. The summed E-state index contributed by atoms with van der Waals surface area (Å²) in [5.41, 5.74) is 0.447. The molecule has 1 saturated carbocycles. The number of rotatable bonds is 5. The van der Waals surface area contributed by atoms with E-state index < -0.39 is 0 Å². The Labute approximate surface area is 157 Å². The predicted molar refractivity (Wildman–Crippen MR) is 108 cm³/mol. The number of hydrogen-bond acceptors (Lipinski definition) is 3. The largest absolute Gasteiger partial charge is 0.356 e. The molecule has 3 rings (SSSR count). The van der Waals surface area contributed by atoms with E-state index in [-0.39, 0.29) is 0 Å². The third-order valence-electron chi connectivity index (χ3n) is 6.09. The Bertz CT molecular complexity index is 548. The van der Waals surface area contributed by atoms with Crippen molar-refractivity contribution in [1.82, 2.24) is 15.5 Å². The van der Waals surface area contributed by atoms with Crippen LogP contribution in [0.25, 0.3) is 0 Å². The highest BCUT2D eigenvalue weighted by Crippen LogP contribution is 2.37. The first-order chi connectivity index (χ1) is 12.1. The fourth-order valence-electron chi connectivity index (χ4n) is 4.53. The first-order valence-corrected chi connectivity index (χ1v) is 10.7. The van der Waals surface area contributed by atoms with Gasteiger partial charge >= 0.3 is 0 Å². The van der Waals surface area contributed by atoms with E-state index in [0.29, 0.717) is 17.4 Å². The number of thiophene rings is 1. The number of nitrogens with one attached hydrogen (secondary N) is 2.